The maximum absolute atomic E-state index is 12.8. The van der Waals surface area contributed by atoms with Gasteiger partial charge in [-0.2, -0.15) is 0 Å². The van der Waals surface area contributed by atoms with Crippen molar-refractivity contribution in [2.75, 3.05) is 30.1 Å². The number of amides is 1. The average molecular weight is 427 g/mol. The Hall–Kier alpha value is -2.45. The summed E-state index contributed by atoms with van der Waals surface area (Å²) in [6, 6.07) is 8.67. The summed E-state index contributed by atoms with van der Waals surface area (Å²) >= 11 is 5.94. The van der Waals surface area contributed by atoms with Gasteiger partial charge in [-0.25, -0.2) is 8.42 Å². The highest BCUT2D eigenvalue weighted by atomic mass is 35.5. The van der Waals surface area contributed by atoms with Crippen LogP contribution in [0.5, 0.6) is 11.5 Å². The van der Waals surface area contributed by atoms with Crippen molar-refractivity contribution in [3.8, 4) is 11.5 Å². The van der Waals surface area contributed by atoms with Crippen molar-refractivity contribution in [2.24, 2.45) is 0 Å². The Kier molecular flexibility index (Phi) is 6.79. The van der Waals surface area contributed by atoms with Gasteiger partial charge in [0.25, 0.3) is 0 Å². The van der Waals surface area contributed by atoms with Gasteiger partial charge in [0.1, 0.15) is 6.04 Å². The fourth-order valence-corrected chi connectivity index (χ4v) is 4.17. The highest BCUT2D eigenvalue weighted by molar-refractivity contribution is 7.92. The van der Waals surface area contributed by atoms with E-state index in [9.17, 15) is 13.2 Å². The van der Waals surface area contributed by atoms with E-state index in [1.54, 1.807) is 37.3 Å². The lowest BCUT2D eigenvalue weighted by molar-refractivity contribution is -0.116. The predicted molar refractivity (Wildman–Crippen MR) is 111 cm³/mol. The fraction of sp³-hybridized carbons (Fsp3) is 0.316. The molecule has 1 unspecified atom stereocenters. The third-order valence-electron chi connectivity index (χ3n) is 4.16. The summed E-state index contributed by atoms with van der Waals surface area (Å²) in [5.41, 5.74) is 1.61. The van der Waals surface area contributed by atoms with E-state index in [4.69, 9.17) is 21.1 Å². The summed E-state index contributed by atoms with van der Waals surface area (Å²) in [7, 11) is -0.828. The highest BCUT2D eigenvalue weighted by Crippen LogP contribution is 2.33. The van der Waals surface area contributed by atoms with Crippen LogP contribution in [0.3, 0.4) is 0 Å². The average Bonchev–Trinajstić information content (AvgIpc) is 2.62. The van der Waals surface area contributed by atoms with Crippen molar-refractivity contribution in [2.45, 2.75) is 19.9 Å². The number of carbonyl (C=O) groups excluding carboxylic acids is 1. The van der Waals surface area contributed by atoms with Gasteiger partial charge in [0.05, 0.1) is 26.2 Å². The van der Waals surface area contributed by atoms with Crippen LogP contribution in [0.25, 0.3) is 0 Å². The van der Waals surface area contributed by atoms with E-state index in [1.165, 1.54) is 27.2 Å². The van der Waals surface area contributed by atoms with E-state index in [-0.39, 0.29) is 5.69 Å². The van der Waals surface area contributed by atoms with Gasteiger partial charge in [0, 0.05) is 16.8 Å². The smallest absolute Gasteiger partial charge is 0.248 e. The summed E-state index contributed by atoms with van der Waals surface area (Å²) in [6.45, 7) is 3.31. The van der Waals surface area contributed by atoms with Crippen LogP contribution in [0.1, 0.15) is 12.5 Å². The van der Waals surface area contributed by atoms with Crippen LogP contribution in [-0.2, 0) is 14.8 Å². The van der Waals surface area contributed by atoms with E-state index in [1.807, 2.05) is 0 Å². The molecule has 0 aliphatic rings. The Morgan fingerprint density at radius 1 is 1.11 bits per heavy atom. The first-order valence-electron chi connectivity index (χ1n) is 8.37. The van der Waals surface area contributed by atoms with Gasteiger partial charge in [-0.1, -0.05) is 11.6 Å². The first kappa shape index (κ1) is 21.8. The molecule has 0 saturated heterocycles. The molecule has 9 heteroatoms. The van der Waals surface area contributed by atoms with Crippen LogP contribution in [0.4, 0.5) is 11.4 Å². The van der Waals surface area contributed by atoms with Gasteiger partial charge >= 0.3 is 0 Å². The summed E-state index contributed by atoms with van der Waals surface area (Å²) < 4.78 is 36.4. The minimum absolute atomic E-state index is 0.288. The quantitative estimate of drug-likeness (QED) is 0.732. The predicted octanol–water partition coefficient (Wildman–Crippen LogP) is 3.46. The Morgan fingerprint density at radius 2 is 1.75 bits per heavy atom. The molecule has 2 rings (SSSR count). The number of anilines is 2. The van der Waals surface area contributed by atoms with Crippen molar-refractivity contribution < 1.29 is 22.7 Å². The second kappa shape index (κ2) is 8.70. The number of aryl methyl sites for hydroxylation is 1. The number of hydrogen-bond acceptors (Lipinski definition) is 5. The number of benzene rings is 2. The lowest BCUT2D eigenvalue weighted by Gasteiger charge is -2.29. The first-order chi connectivity index (χ1) is 13.1. The number of ether oxygens (including phenoxy) is 2. The maximum atomic E-state index is 12.8. The highest BCUT2D eigenvalue weighted by Gasteiger charge is 2.30. The number of carbonyl (C=O) groups is 1. The van der Waals surface area contributed by atoms with E-state index in [0.717, 1.165) is 16.1 Å². The van der Waals surface area contributed by atoms with Gasteiger partial charge in [0.2, 0.25) is 15.9 Å². The number of methoxy groups -OCH3 is 2. The van der Waals surface area contributed by atoms with Crippen LogP contribution in [0.2, 0.25) is 5.02 Å². The van der Waals surface area contributed by atoms with Crippen molar-refractivity contribution in [1.29, 1.82) is 0 Å². The molecule has 0 bridgehead atoms. The zero-order valence-electron chi connectivity index (χ0n) is 16.3. The zero-order chi connectivity index (χ0) is 21.1. The molecule has 1 amide bonds. The molecule has 152 valence electrons. The van der Waals surface area contributed by atoms with Crippen molar-refractivity contribution in [1.82, 2.24) is 0 Å². The Balaban J connectivity index is 2.39. The van der Waals surface area contributed by atoms with Crippen LogP contribution in [0, 0.1) is 6.92 Å². The molecule has 0 fully saturated rings. The van der Waals surface area contributed by atoms with Crippen LogP contribution in [-0.4, -0.2) is 40.8 Å². The molecule has 0 aliphatic heterocycles. The molecule has 0 aliphatic carbocycles. The molecule has 2 aromatic carbocycles. The number of hydrogen-bond donors (Lipinski definition) is 1. The minimum Gasteiger partial charge on any atom is -0.493 e. The van der Waals surface area contributed by atoms with Crippen molar-refractivity contribution >= 4 is 38.9 Å². The van der Waals surface area contributed by atoms with Gasteiger partial charge < -0.3 is 14.8 Å². The molecule has 0 heterocycles. The van der Waals surface area contributed by atoms with Crippen molar-refractivity contribution in [3.05, 3.63) is 47.0 Å². The summed E-state index contributed by atoms with van der Waals surface area (Å²) in [6.07, 6.45) is 1.04. The number of sulfonamides is 1. The van der Waals surface area contributed by atoms with Gasteiger partial charge in [-0.15, -0.1) is 0 Å². The third kappa shape index (κ3) is 4.88. The molecular weight excluding hydrogens is 404 g/mol. The second-order valence-corrected chi connectivity index (χ2v) is 8.52. The first-order valence-corrected chi connectivity index (χ1v) is 10.6. The van der Waals surface area contributed by atoms with E-state index >= 15 is 0 Å². The topological polar surface area (TPSA) is 84.9 Å². The fourth-order valence-electron chi connectivity index (χ4n) is 2.78. The lowest BCUT2D eigenvalue weighted by Crippen LogP contribution is -2.45. The Labute approximate surface area is 170 Å². The zero-order valence-corrected chi connectivity index (χ0v) is 17.9. The van der Waals surface area contributed by atoms with E-state index < -0.39 is 22.0 Å². The monoisotopic (exact) mass is 426 g/mol. The SMILES string of the molecule is COc1ccc(N(C(C)C(=O)Nc2ccc(Cl)cc2C)S(C)(=O)=O)cc1OC. The molecule has 28 heavy (non-hydrogen) atoms. The van der Waals surface area contributed by atoms with Crippen LogP contribution < -0.4 is 19.1 Å². The second-order valence-electron chi connectivity index (χ2n) is 6.22. The molecule has 1 N–H and O–H groups in total. The Morgan fingerprint density at radius 3 is 2.29 bits per heavy atom. The molecule has 0 aromatic heterocycles. The number of rotatable bonds is 7. The van der Waals surface area contributed by atoms with Crippen LogP contribution >= 0.6 is 11.6 Å². The normalized spacial score (nSPS) is 12.2. The van der Waals surface area contributed by atoms with E-state index in [2.05, 4.69) is 5.32 Å². The molecular formula is C19H23ClN2O5S. The maximum Gasteiger partial charge on any atom is 0.248 e. The van der Waals surface area contributed by atoms with E-state index in [0.29, 0.717) is 22.2 Å². The summed E-state index contributed by atoms with van der Waals surface area (Å²) in [5.74, 6) is 0.328. The van der Waals surface area contributed by atoms with Gasteiger partial charge in [0.15, 0.2) is 11.5 Å². The van der Waals surface area contributed by atoms with Gasteiger partial charge in [-0.3, -0.25) is 9.10 Å². The largest absolute Gasteiger partial charge is 0.493 e. The molecule has 0 spiro atoms. The molecule has 7 nitrogen and oxygen atoms in total. The molecule has 1 atom stereocenters. The number of nitrogens with zero attached hydrogens (tertiary/aromatic N) is 1. The minimum atomic E-state index is -3.76. The lowest BCUT2D eigenvalue weighted by atomic mass is 10.2. The molecule has 2 aromatic rings. The standard InChI is InChI=1S/C19H23ClN2O5S/c1-12-10-14(20)6-8-16(12)21-19(23)13(2)22(28(5,24)25)15-7-9-17(26-3)18(11-15)27-4/h6-11,13H,1-5H3,(H,21,23). The van der Waals surface area contributed by atoms with Crippen LogP contribution in [0.15, 0.2) is 36.4 Å². The van der Waals surface area contributed by atoms with Gasteiger partial charge in [-0.05, 0) is 49.7 Å². The Bertz CT molecular complexity index is 978. The molecule has 0 radical (unpaired) electrons. The third-order valence-corrected chi connectivity index (χ3v) is 5.63. The summed E-state index contributed by atoms with van der Waals surface area (Å²) in [5, 5.41) is 3.30. The molecule has 0 saturated carbocycles. The number of nitrogens with one attached hydrogen (secondary N) is 1. The summed E-state index contributed by atoms with van der Waals surface area (Å²) in [4.78, 5) is 12.8. The van der Waals surface area contributed by atoms with Crippen molar-refractivity contribution in [3.63, 3.8) is 0 Å². The number of halogens is 1.